The number of halogens is 1. The molecular weight excluding hydrogens is 198 g/mol. The number of rotatable bonds is 2. The zero-order chi connectivity index (χ0) is 10.1. The predicted molar refractivity (Wildman–Crippen MR) is 58.6 cm³/mol. The van der Waals surface area contributed by atoms with Crippen LogP contribution in [0.1, 0.15) is 11.3 Å². The number of aromatic nitrogens is 2. The fraction of sp³-hybridized carbons (Fsp3) is 0.300. The number of benzene rings is 1. The van der Waals surface area contributed by atoms with Crippen LogP contribution < -0.4 is 5.73 Å². The van der Waals surface area contributed by atoms with Gasteiger partial charge in [0.2, 0.25) is 0 Å². The second kappa shape index (κ2) is 3.59. The Morgan fingerprint density at radius 1 is 1.50 bits per heavy atom. The van der Waals surface area contributed by atoms with Gasteiger partial charge < -0.3 is 5.73 Å². The Balaban J connectivity index is 2.63. The average Bonchev–Trinajstić information content (AvgIpc) is 2.49. The molecule has 0 fully saturated rings. The maximum absolute atomic E-state index is 6.09. The molecule has 1 heterocycles. The molecule has 2 aromatic rings. The topological polar surface area (TPSA) is 54.7 Å². The Hall–Kier alpha value is -1.06. The number of hydrogen-bond donors (Lipinski definition) is 2. The van der Waals surface area contributed by atoms with Crippen molar-refractivity contribution in [3.8, 4) is 0 Å². The first-order valence-corrected chi connectivity index (χ1v) is 4.93. The summed E-state index contributed by atoms with van der Waals surface area (Å²) in [5, 5.41) is 8.83. The summed E-state index contributed by atoms with van der Waals surface area (Å²) >= 11 is 6.09. The van der Waals surface area contributed by atoms with Crippen molar-refractivity contribution in [3.05, 3.63) is 28.4 Å². The minimum absolute atomic E-state index is 0.638. The van der Waals surface area contributed by atoms with Gasteiger partial charge in [0.1, 0.15) is 5.52 Å². The third-order valence-electron chi connectivity index (χ3n) is 2.30. The van der Waals surface area contributed by atoms with E-state index in [0.29, 0.717) is 11.6 Å². The summed E-state index contributed by atoms with van der Waals surface area (Å²) in [6, 6.07) is 4.02. The van der Waals surface area contributed by atoms with Gasteiger partial charge in [0, 0.05) is 11.1 Å². The summed E-state index contributed by atoms with van der Waals surface area (Å²) < 4.78 is 0. The van der Waals surface area contributed by atoms with Gasteiger partial charge in [-0.05, 0) is 37.6 Å². The number of nitrogens with one attached hydrogen (secondary N) is 1. The van der Waals surface area contributed by atoms with E-state index in [4.69, 9.17) is 17.3 Å². The molecule has 0 unspecified atom stereocenters. The predicted octanol–water partition coefficient (Wildman–Crippen LogP) is 2.03. The molecule has 0 atom stereocenters. The largest absolute Gasteiger partial charge is 0.330 e. The van der Waals surface area contributed by atoms with Crippen LogP contribution in [0, 0.1) is 6.92 Å². The van der Waals surface area contributed by atoms with Gasteiger partial charge in [-0.2, -0.15) is 5.10 Å². The summed E-state index contributed by atoms with van der Waals surface area (Å²) in [6.07, 6.45) is 0.848. The van der Waals surface area contributed by atoms with Crippen molar-refractivity contribution in [2.45, 2.75) is 13.3 Å². The lowest BCUT2D eigenvalue weighted by atomic mass is 10.1. The molecule has 14 heavy (non-hydrogen) atoms. The second-order valence-corrected chi connectivity index (χ2v) is 3.77. The fourth-order valence-corrected chi connectivity index (χ4v) is 1.85. The zero-order valence-corrected chi connectivity index (χ0v) is 8.73. The lowest BCUT2D eigenvalue weighted by molar-refractivity contribution is 0.971. The first kappa shape index (κ1) is 9.49. The first-order chi connectivity index (χ1) is 6.72. The lowest BCUT2D eigenvalue weighted by Crippen LogP contribution is -2.02. The highest BCUT2D eigenvalue weighted by atomic mass is 35.5. The smallest absolute Gasteiger partial charge is 0.111 e. The van der Waals surface area contributed by atoms with E-state index < -0.39 is 0 Å². The van der Waals surface area contributed by atoms with E-state index in [1.807, 2.05) is 13.0 Å². The highest BCUT2D eigenvalue weighted by Crippen LogP contribution is 2.25. The Bertz CT molecular complexity index is 462. The van der Waals surface area contributed by atoms with Gasteiger partial charge in [-0.25, -0.2) is 0 Å². The zero-order valence-electron chi connectivity index (χ0n) is 7.97. The second-order valence-electron chi connectivity index (χ2n) is 3.36. The van der Waals surface area contributed by atoms with E-state index >= 15 is 0 Å². The number of hydrogen-bond acceptors (Lipinski definition) is 2. The highest BCUT2D eigenvalue weighted by molar-refractivity contribution is 6.35. The van der Waals surface area contributed by atoms with E-state index in [9.17, 15) is 0 Å². The average molecular weight is 210 g/mol. The van der Waals surface area contributed by atoms with Gasteiger partial charge >= 0.3 is 0 Å². The van der Waals surface area contributed by atoms with Crippen molar-refractivity contribution in [1.82, 2.24) is 10.2 Å². The van der Waals surface area contributed by atoms with Gasteiger partial charge in [-0.3, -0.25) is 5.10 Å². The molecule has 0 saturated heterocycles. The van der Waals surface area contributed by atoms with Crippen LogP contribution in [0.15, 0.2) is 12.1 Å². The van der Waals surface area contributed by atoms with Crippen molar-refractivity contribution in [3.63, 3.8) is 0 Å². The molecule has 0 aliphatic carbocycles. The van der Waals surface area contributed by atoms with Crippen LogP contribution in [0.3, 0.4) is 0 Å². The van der Waals surface area contributed by atoms with Gasteiger partial charge in [-0.15, -0.1) is 0 Å². The molecule has 0 aliphatic heterocycles. The first-order valence-electron chi connectivity index (χ1n) is 4.55. The van der Waals surface area contributed by atoms with Crippen molar-refractivity contribution in [1.29, 1.82) is 0 Å². The molecule has 0 spiro atoms. The number of aromatic amines is 1. The van der Waals surface area contributed by atoms with Crippen molar-refractivity contribution in [2.75, 3.05) is 6.54 Å². The van der Waals surface area contributed by atoms with Crippen LogP contribution in [0.5, 0.6) is 0 Å². The normalized spacial score (nSPS) is 11.1. The van der Waals surface area contributed by atoms with Crippen molar-refractivity contribution >= 4 is 22.5 Å². The Labute approximate surface area is 87.2 Å². The van der Waals surface area contributed by atoms with Crippen LogP contribution in [-0.2, 0) is 6.42 Å². The Morgan fingerprint density at radius 2 is 2.29 bits per heavy atom. The molecule has 1 aromatic heterocycles. The minimum atomic E-state index is 0.638. The molecule has 4 heteroatoms. The minimum Gasteiger partial charge on any atom is -0.330 e. The highest BCUT2D eigenvalue weighted by Gasteiger charge is 2.07. The SMILES string of the molecule is Cc1[nH]nc2c(Cl)cc(CCN)cc12. The third-order valence-corrected chi connectivity index (χ3v) is 2.58. The van der Waals surface area contributed by atoms with E-state index in [1.165, 1.54) is 0 Å². The standard InChI is InChI=1S/C10H12ClN3/c1-6-8-4-7(2-3-12)5-9(11)10(8)14-13-6/h4-5H,2-3,12H2,1H3,(H,13,14). The molecule has 0 amide bonds. The Kier molecular flexibility index (Phi) is 2.44. The van der Waals surface area contributed by atoms with E-state index in [2.05, 4.69) is 16.3 Å². The van der Waals surface area contributed by atoms with Crippen LogP contribution >= 0.6 is 11.6 Å². The molecule has 0 radical (unpaired) electrons. The summed E-state index contributed by atoms with van der Waals surface area (Å²) in [4.78, 5) is 0. The maximum atomic E-state index is 6.09. The number of fused-ring (bicyclic) bond motifs is 1. The molecule has 74 valence electrons. The lowest BCUT2D eigenvalue weighted by Gasteiger charge is -2.00. The molecule has 3 N–H and O–H groups in total. The van der Waals surface area contributed by atoms with Crippen LogP contribution in [-0.4, -0.2) is 16.7 Å². The Morgan fingerprint density at radius 3 is 3.00 bits per heavy atom. The summed E-state index contributed by atoms with van der Waals surface area (Å²) in [5.41, 5.74) is 8.54. The van der Waals surface area contributed by atoms with E-state index in [1.54, 1.807) is 0 Å². The molecule has 0 aliphatic rings. The summed E-state index contributed by atoms with van der Waals surface area (Å²) in [6.45, 7) is 2.62. The van der Waals surface area contributed by atoms with Gasteiger partial charge in [0.05, 0.1) is 5.02 Å². The quantitative estimate of drug-likeness (QED) is 0.795. The van der Waals surface area contributed by atoms with Gasteiger partial charge in [-0.1, -0.05) is 11.6 Å². The number of H-pyrrole nitrogens is 1. The van der Waals surface area contributed by atoms with Gasteiger partial charge in [0.25, 0.3) is 0 Å². The van der Waals surface area contributed by atoms with Crippen LogP contribution in [0.25, 0.3) is 10.9 Å². The third kappa shape index (κ3) is 1.49. The molecular formula is C10H12ClN3. The molecule has 3 nitrogen and oxygen atoms in total. The van der Waals surface area contributed by atoms with Gasteiger partial charge in [0.15, 0.2) is 0 Å². The number of aryl methyl sites for hydroxylation is 1. The van der Waals surface area contributed by atoms with E-state index in [0.717, 1.165) is 28.6 Å². The maximum Gasteiger partial charge on any atom is 0.111 e. The van der Waals surface area contributed by atoms with Crippen LogP contribution in [0.2, 0.25) is 5.02 Å². The summed E-state index contributed by atoms with van der Waals surface area (Å²) in [5.74, 6) is 0. The molecule has 2 rings (SSSR count). The monoisotopic (exact) mass is 209 g/mol. The van der Waals surface area contributed by atoms with Crippen LogP contribution in [0.4, 0.5) is 0 Å². The molecule has 0 saturated carbocycles. The molecule has 1 aromatic carbocycles. The van der Waals surface area contributed by atoms with Crippen molar-refractivity contribution < 1.29 is 0 Å². The number of nitrogens with two attached hydrogens (primary N) is 1. The summed E-state index contributed by atoms with van der Waals surface area (Å²) in [7, 11) is 0. The van der Waals surface area contributed by atoms with E-state index in [-0.39, 0.29) is 0 Å². The van der Waals surface area contributed by atoms with Crippen molar-refractivity contribution in [2.24, 2.45) is 5.73 Å². The molecule has 0 bridgehead atoms. The fourth-order valence-electron chi connectivity index (χ4n) is 1.57. The number of nitrogens with zero attached hydrogens (tertiary/aromatic N) is 1.